The van der Waals surface area contributed by atoms with Crippen molar-refractivity contribution >= 4 is 5.91 Å². The van der Waals surface area contributed by atoms with Crippen molar-refractivity contribution in [2.45, 2.75) is 18.9 Å². The Hall–Kier alpha value is -2.70. The van der Waals surface area contributed by atoms with Gasteiger partial charge in [0.25, 0.3) is 11.5 Å². The minimum absolute atomic E-state index is 0.0997. The Morgan fingerprint density at radius 1 is 1.36 bits per heavy atom. The smallest absolute Gasteiger partial charge is 0.272 e. The second-order valence-electron chi connectivity index (χ2n) is 5.01. The number of ether oxygens (including phenoxy) is 1. The van der Waals surface area contributed by atoms with E-state index in [4.69, 9.17) is 4.74 Å². The van der Waals surface area contributed by atoms with Crippen LogP contribution >= 0.6 is 0 Å². The molecule has 2 aromatic rings. The zero-order valence-electron chi connectivity index (χ0n) is 11.6. The summed E-state index contributed by atoms with van der Waals surface area (Å²) in [5, 5.41) is 8.70. The molecule has 0 saturated carbocycles. The normalized spacial score (nSPS) is 17.0. The minimum atomic E-state index is -0.432. The predicted octanol–water partition coefficient (Wildman–Crippen LogP) is 1.55. The van der Waals surface area contributed by atoms with Crippen molar-refractivity contribution in [2.24, 2.45) is 0 Å². The molecule has 1 aromatic heterocycles. The third kappa shape index (κ3) is 2.98. The average Bonchev–Trinajstić information content (AvgIpc) is 2.70. The standard InChI is InChI=1S/C15H14FN3O3/c16-9-3-5-13-10(8-9)11(2-1-7-22-13)17-15(21)12-4-6-14(20)19-18-12/h3-6,8,11H,1-2,7H2,(H,17,21)(H,19,20). The first-order valence-corrected chi connectivity index (χ1v) is 6.92. The number of aromatic nitrogens is 2. The zero-order valence-corrected chi connectivity index (χ0v) is 11.6. The average molecular weight is 303 g/mol. The fourth-order valence-corrected chi connectivity index (χ4v) is 2.40. The van der Waals surface area contributed by atoms with Crippen LogP contribution < -0.4 is 15.6 Å². The van der Waals surface area contributed by atoms with Gasteiger partial charge in [0.1, 0.15) is 17.3 Å². The first-order valence-electron chi connectivity index (χ1n) is 6.92. The van der Waals surface area contributed by atoms with Gasteiger partial charge in [-0.25, -0.2) is 9.49 Å². The third-order valence-electron chi connectivity index (χ3n) is 3.46. The lowest BCUT2D eigenvalue weighted by Crippen LogP contribution is -2.30. The van der Waals surface area contributed by atoms with Crippen LogP contribution in [0.25, 0.3) is 0 Å². The molecule has 3 rings (SSSR count). The number of hydrogen-bond donors (Lipinski definition) is 2. The summed E-state index contributed by atoms with van der Waals surface area (Å²) < 4.78 is 19.0. The molecular weight excluding hydrogens is 289 g/mol. The fourth-order valence-electron chi connectivity index (χ4n) is 2.40. The molecule has 0 fully saturated rings. The van der Waals surface area contributed by atoms with Crippen molar-refractivity contribution in [1.82, 2.24) is 15.5 Å². The number of carbonyl (C=O) groups excluding carboxylic acids is 1. The van der Waals surface area contributed by atoms with Gasteiger partial charge in [-0.3, -0.25) is 9.59 Å². The Balaban J connectivity index is 1.85. The highest BCUT2D eigenvalue weighted by molar-refractivity contribution is 5.92. The van der Waals surface area contributed by atoms with Gasteiger partial charge in [0, 0.05) is 11.6 Å². The molecule has 0 saturated heterocycles. The first-order chi connectivity index (χ1) is 10.6. The highest BCUT2D eigenvalue weighted by Crippen LogP contribution is 2.32. The number of benzene rings is 1. The molecule has 0 radical (unpaired) electrons. The molecule has 2 N–H and O–H groups in total. The molecule has 7 heteroatoms. The number of aromatic amines is 1. The van der Waals surface area contributed by atoms with E-state index in [1.807, 2.05) is 0 Å². The summed E-state index contributed by atoms with van der Waals surface area (Å²) in [6.07, 6.45) is 1.37. The number of H-pyrrole nitrogens is 1. The molecule has 6 nitrogen and oxygen atoms in total. The fraction of sp³-hybridized carbons (Fsp3) is 0.267. The van der Waals surface area contributed by atoms with E-state index in [0.29, 0.717) is 24.3 Å². The van der Waals surface area contributed by atoms with Crippen molar-refractivity contribution in [2.75, 3.05) is 6.61 Å². The molecule has 1 atom stereocenters. The van der Waals surface area contributed by atoms with Gasteiger partial charge in [-0.15, -0.1) is 0 Å². The van der Waals surface area contributed by atoms with E-state index in [9.17, 15) is 14.0 Å². The van der Waals surface area contributed by atoms with Gasteiger partial charge in [-0.2, -0.15) is 5.10 Å². The van der Waals surface area contributed by atoms with E-state index in [-0.39, 0.29) is 23.1 Å². The lowest BCUT2D eigenvalue weighted by molar-refractivity contribution is 0.0928. The van der Waals surface area contributed by atoms with E-state index in [1.54, 1.807) is 6.07 Å². The molecule has 1 aliphatic rings. The summed E-state index contributed by atoms with van der Waals surface area (Å²) in [5.74, 6) is -0.248. The molecule has 1 amide bonds. The van der Waals surface area contributed by atoms with E-state index >= 15 is 0 Å². The minimum Gasteiger partial charge on any atom is -0.493 e. The summed E-state index contributed by atoms with van der Waals surface area (Å²) in [7, 11) is 0. The van der Waals surface area contributed by atoms with Crippen LogP contribution in [0, 0.1) is 5.82 Å². The van der Waals surface area contributed by atoms with Gasteiger partial charge in [0.05, 0.1) is 12.6 Å². The molecule has 0 bridgehead atoms. The summed E-state index contributed by atoms with van der Waals surface area (Å²) in [5.41, 5.74) is 0.324. The van der Waals surface area contributed by atoms with Crippen LogP contribution in [0.5, 0.6) is 5.75 Å². The van der Waals surface area contributed by atoms with E-state index in [2.05, 4.69) is 15.5 Å². The van der Waals surface area contributed by atoms with Gasteiger partial charge in [0.15, 0.2) is 0 Å². The molecule has 0 aliphatic carbocycles. The number of nitrogens with zero attached hydrogens (tertiary/aromatic N) is 1. The maximum atomic E-state index is 13.5. The molecule has 1 aromatic carbocycles. The quantitative estimate of drug-likeness (QED) is 0.881. The summed E-state index contributed by atoms with van der Waals surface area (Å²) in [6.45, 7) is 0.516. The number of carbonyl (C=O) groups is 1. The molecule has 0 spiro atoms. The SMILES string of the molecule is O=C(NC1CCCOc2ccc(F)cc21)c1ccc(=O)[nH]n1. The number of fused-ring (bicyclic) bond motifs is 1. The summed E-state index contributed by atoms with van der Waals surface area (Å²) in [4.78, 5) is 23.2. The summed E-state index contributed by atoms with van der Waals surface area (Å²) >= 11 is 0. The van der Waals surface area contributed by atoms with E-state index < -0.39 is 5.91 Å². The maximum Gasteiger partial charge on any atom is 0.272 e. The molecule has 1 unspecified atom stereocenters. The monoisotopic (exact) mass is 303 g/mol. The Kier molecular flexibility index (Phi) is 3.86. The highest BCUT2D eigenvalue weighted by Gasteiger charge is 2.23. The molecule has 2 heterocycles. The Morgan fingerprint density at radius 2 is 2.23 bits per heavy atom. The van der Waals surface area contributed by atoms with Gasteiger partial charge in [-0.05, 0) is 37.1 Å². The van der Waals surface area contributed by atoms with E-state index in [0.717, 1.165) is 6.42 Å². The molecule has 114 valence electrons. The van der Waals surface area contributed by atoms with Crippen molar-refractivity contribution in [3.63, 3.8) is 0 Å². The largest absolute Gasteiger partial charge is 0.493 e. The van der Waals surface area contributed by atoms with Crippen LogP contribution in [0.4, 0.5) is 4.39 Å². The second-order valence-corrected chi connectivity index (χ2v) is 5.01. The Bertz CT molecular complexity index is 739. The second kappa shape index (κ2) is 5.97. The van der Waals surface area contributed by atoms with Crippen molar-refractivity contribution < 1.29 is 13.9 Å². The van der Waals surface area contributed by atoms with Crippen molar-refractivity contribution in [3.05, 3.63) is 57.8 Å². The maximum absolute atomic E-state index is 13.5. The van der Waals surface area contributed by atoms with Crippen LogP contribution in [-0.2, 0) is 0 Å². The lowest BCUT2D eigenvalue weighted by Gasteiger charge is -2.18. The van der Waals surface area contributed by atoms with E-state index in [1.165, 1.54) is 24.3 Å². The van der Waals surface area contributed by atoms with Gasteiger partial charge < -0.3 is 10.1 Å². The molecule has 1 aliphatic heterocycles. The molecule has 22 heavy (non-hydrogen) atoms. The van der Waals surface area contributed by atoms with Crippen molar-refractivity contribution in [3.8, 4) is 5.75 Å². The number of hydrogen-bond acceptors (Lipinski definition) is 4. The Labute approximate surface area is 125 Å². The van der Waals surface area contributed by atoms with Crippen LogP contribution in [0.15, 0.2) is 35.1 Å². The van der Waals surface area contributed by atoms with Crippen LogP contribution in [0.1, 0.15) is 34.9 Å². The van der Waals surface area contributed by atoms with Crippen LogP contribution in [-0.4, -0.2) is 22.7 Å². The van der Waals surface area contributed by atoms with Crippen LogP contribution in [0.3, 0.4) is 0 Å². The number of rotatable bonds is 2. The Morgan fingerprint density at radius 3 is 3.00 bits per heavy atom. The number of amides is 1. The summed E-state index contributed by atoms with van der Waals surface area (Å²) in [6, 6.07) is 6.46. The molecular formula is C15H14FN3O3. The predicted molar refractivity (Wildman–Crippen MR) is 76.2 cm³/mol. The van der Waals surface area contributed by atoms with Gasteiger partial charge in [0.2, 0.25) is 0 Å². The van der Waals surface area contributed by atoms with Gasteiger partial charge >= 0.3 is 0 Å². The highest BCUT2D eigenvalue weighted by atomic mass is 19.1. The number of nitrogens with one attached hydrogen (secondary N) is 2. The topological polar surface area (TPSA) is 84.1 Å². The van der Waals surface area contributed by atoms with Crippen molar-refractivity contribution in [1.29, 1.82) is 0 Å². The first kappa shape index (κ1) is 14.2. The van der Waals surface area contributed by atoms with Crippen LogP contribution in [0.2, 0.25) is 0 Å². The zero-order chi connectivity index (χ0) is 15.5. The number of halogens is 1. The lowest BCUT2D eigenvalue weighted by atomic mass is 10.0. The van der Waals surface area contributed by atoms with Gasteiger partial charge in [-0.1, -0.05) is 0 Å². The third-order valence-corrected chi connectivity index (χ3v) is 3.46.